The van der Waals surface area contributed by atoms with Crippen LogP contribution in [0.25, 0.3) is 0 Å². The summed E-state index contributed by atoms with van der Waals surface area (Å²) in [6.07, 6.45) is 5.28. The zero-order valence-electron chi connectivity index (χ0n) is 17.4. The van der Waals surface area contributed by atoms with Gasteiger partial charge in [-0.25, -0.2) is 4.79 Å². The molecule has 31 heavy (non-hydrogen) atoms. The van der Waals surface area contributed by atoms with Crippen LogP contribution < -0.4 is 0 Å². The first-order valence-corrected chi connectivity index (χ1v) is 11.2. The molecule has 0 aromatic heterocycles. The number of amides is 2. The molecule has 1 saturated heterocycles. The van der Waals surface area contributed by atoms with Crippen molar-refractivity contribution in [2.75, 3.05) is 6.61 Å². The third-order valence-corrected chi connectivity index (χ3v) is 7.61. The van der Waals surface area contributed by atoms with Crippen LogP contribution in [0.2, 0.25) is 5.02 Å². The standard InChI is InChI=1S/C24H24ClNO5/c1-11(2)21(24(30)31-10-18(27)12-3-5-13(25)6-4-12)26-22(28)19-14-7-8-15(17-9-16(14)17)20(19)23(26)29/h3-8,11,14-17,19-21H,9-10H2,1-2H3/t14-,15-,16-,17-,19+,20+,21-/m1/s1. The SMILES string of the molecule is CC(C)[C@H](C(=O)OCC(=O)c1ccc(Cl)cc1)N1C(=O)[C@H]2[C@@H]3C=C[C@H]([C@H]4C[C@H]34)[C@@H]2C1=O. The van der Waals surface area contributed by atoms with E-state index in [9.17, 15) is 19.2 Å². The number of imide groups is 1. The molecule has 1 aliphatic heterocycles. The number of hydrogen-bond donors (Lipinski definition) is 0. The van der Waals surface area contributed by atoms with Crippen molar-refractivity contribution in [1.82, 2.24) is 4.90 Å². The second-order valence-corrected chi connectivity index (χ2v) is 9.86. The summed E-state index contributed by atoms with van der Waals surface area (Å²) in [5.74, 6) is -1.50. The van der Waals surface area contributed by atoms with Gasteiger partial charge in [0.2, 0.25) is 11.8 Å². The fraction of sp³-hybridized carbons (Fsp3) is 0.500. The molecular weight excluding hydrogens is 418 g/mol. The van der Waals surface area contributed by atoms with E-state index in [4.69, 9.17) is 16.3 Å². The minimum atomic E-state index is -1.03. The van der Waals surface area contributed by atoms with E-state index >= 15 is 0 Å². The predicted octanol–water partition coefficient (Wildman–Crippen LogP) is 3.14. The van der Waals surface area contributed by atoms with Gasteiger partial charge in [-0.05, 0) is 60.3 Å². The van der Waals surface area contributed by atoms with E-state index in [0.29, 0.717) is 22.4 Å². The Hall–Kier alpha value is -2.47. The molecule has 4 aliphatic carbocycles. The van der Waals surface area contributed by atoms with E-state index in [2.05, 4.69) is 12.2 Å². The third-order valence-electron chi connectivity index (χ3n) is 7.36. The van der Waals surface area contributed by atoms with Crippen LogP contribution in [0.5, 0.6) is 0 Å². The molecule has 0 spiro atoms. The summed E-state index contributed by atoms with van der Waals surface area (Å²) in [5.41, 5.74) is 0.375. The maximum Gasteiger partial charge on any atom is 0.330 e. The van der Waals surface area contributed by atoms with Gasteiger partial charge in [0.1, 0.15) is 6.04 Å². The summed E-state index contributed by atoms with van der Waals surface area (Å²) < 4.78 is 5.29. The second-order valence-electron chi connectivity index (χ2n) is 9.43. The van der Waals surface area contributed by atoms with Crippen LogP contribution in [0.15, 0.2) is 36.4 Å². The smallest absolute Gasteiger partial charge is 0.330 e. The van der Waals surface area contributed by atoms with Crippen LogP contribution in [-0.4, -0.2) is 41.1 Å². The van der Waals surface area contributed by atoms with Crippen LogP contribution in [-0.2, 0) is 19.1 Å². The molecule has 1 aromatic rings. The van der Waals surface area contributed by atoms with Crippen molar-refractivity contribution < 1.29 is 23.9 Å². The van der Waals surface area contributed by atoms with Gasteiger partial charge in [-0.3, -0.25) is 19.3 Å². The number of hydrogen-bond acceptors (Lipinski definition) is 5. The fourth-order valence-electron chi connectivity index (χ4n) is 5.87. The largest absolute Gasteiger partial charge is 0.456 e. The molecule has 5 aliphatic rings. The van der Waals surface area contributed by atoms with Crippen LogP contribution in [0.3, 0.4) is 0 Å². The zero-order chi connectivity index (χ0) is 22.0. The molecule has 1 aromatic carbocycles. The van der Waals surface area contributed by atoms with Crippen molar-refractivity contribution in [2.24, 2.45) is 41.4 Å². The molecule has 6 rings (SSSR count). The Bertz CT molecular complexity index is 964. The topological polar surface area (TPSA) is 80.8 Å². The van der Waals surface area contributed by atoms with Gasteiger partial charge in [0.25, 0.3) is 0 Å². The number of Topliss-reactive ketones (excluding diaryl/α,β-unsaturated/α-hetero) is 1. The molecule has 1 heterocycles. The number of rotatable bonds is 6. The molecule has 2 amide bonds. The Kier molecular flexibility index (Phi) is 4.81. The lowest BCUT2D eigenvalue weighted by Crippen LogP contribution is -2.49. The molecule has 7 heteroatoms. The van der Waals surface area contributed by atoms with Gasteiger partial charge in [-0.15, -0.1) is 0 Å². The molecular formula is C24H24ClNO5. The molecule has 0 N–H and O–H groups in total. The highest BCUT2D eigenvalue weighted by Crippen LogP contribution is 2.65. The molecule has 7 atom stereocenters. The Morgan fingerprint density at radius 1 is 1.03 bits per heavy atom. The molecule has 6 nitrogen and oxygen atoms in total. The molecule has 0 unspecified atom stereocenters. The summed E-state index contributed by atoms with van der Waals surface area (Å²) in [4.78, 5) is 53.1. The third kappa shape index (κ3) is 3.15. The minimum Gasteiger partial charge on any atom is -0.456 e. The Labute approximate surface area is 185 Å². The van der Waals surface area contributed by atoms with Gasteiger partial charge >= 0.3 is 5.97 Å². The summed E-state index contributed by atoms with van der Waals surface area (Å²) in [7, 11) is 0. The predicted molar refractivity (Wildman–Crippen MR) is 112 cm³/mol. The maximum atomic E-state index is 13.3. The van der Waals surface area contributed by atoms with Crippen molar-refractivity contribution in [3.05, 3.63) is 47.0 Å². The number of halogens is 1. The number of nitrogens with zero attached hydrogens (tertiary/aromatic N) is 1. The molecule has 162 valence electrons. The van der Waals surface area contributed by atoms with Gasteiger partial charge < -0.3 is 4.74 Å². The average Bonchev–Trinajstić information content (AvgIpc) is 3.53. The lowest BCUT2D eigenvalue weighted by Gasteiger charge is -2.37. The Morgan fingerprint density at radius 3 is 2.10 bits per heavy atom. The number of allylic oxidation sites excluding steroid dienone is 2. The van der Waals surface area contributed by atoms with E-state index in [-0.39, 0.29) is 47.2 Å². The number of ether oxygens (including phenoxy) is 1. The highest BCUT2D eigenvalue weighted by Gasteiger charge is 2.68. The Balaban J connectivity index is 1.32. The highest BCUT2D eigenvalue weighted by molar-refractivity contribution is 6.30. The highest BCUT2D eigenvalue weighted by atomic mass is 35.5. The van der Waals surface area contributed by atoms with Crippen LogP contribution in [0, 0.1) is 41.4 Å². The first-order valence-electron chi connectivity index (χ1n) is 10.8. The van der Waals surface area contributed by atoms with E-state index in [0.717, 1.165) is 11.3 Å². The van der Waals surface area contributed by atoms with Gasteiger partial charge in [-0.1, -0.05) is 37.6 Å². The van der Waals surface area contributed by atoms with Gasteiger partial charge in [-0.2, -0.15) is 0 Å². The van der Waals surface area contributed by atoms with Crippen molar-refractivity contribution in [3.63, 3.8) is 0 Å². The number of likely N-dealkylation sites (tertiary alicyclic amines) is 1. The van der Waals surface area contributed by atoms with Crippen LogP contribution >= 0.6 is 11.6 Å². The normalized spacial score (nSPS) is 33.4. The second kappa shape index (κ2) is 7.30. The van der Waals surface area contributed by atoms with E-state index in [1.54, 1.807) is 38.1 Å². The van der Waals surface area contributed by atoms with Crippen molar-refractivity contribution >= 4 is 35.2 Å². The quantitative estimate of drug-likeness (QED) is 0.293. The van der Waals surface area contributed by atoms with Crippen molar-refractivity contribution in [2.45, 2.75) is 26.3 Å². The molecule has 0 radical (unpaired) electrons. The van der Waals surface area contributed by atoms with Crippen LogP contribution in [0.1, 0.15) is 30.6 Å². The Morgan fingerprint density at radius 2 is 1.58 bits per heavy atom. The first-order chi connectivity index (χ1) is 14.8. The lowest BCUT2D eigenvalue weighted by atomic mass is 9.63. The van der Waals surface area contributed by atoms with Gasteiger partial charge in [0.15, 0.2) is 12.4 Å². The molecule has 2 saturated carbocycles. The summed E-state index contributed by atoms with van der Waals surface area (Å²) in [5, 5.41) is 0.502. The van der Waals surface area contributed by atoms with E-state index in [1.807, 2.05) is 0 Å². The summed E-state index contributed by atoms with van der Waals surface area (Å²) in [6.45, 7) is 3.10. The number of ketones is 1. The summed E-state index contributed by atoms with van der Waals surface area (Å²) >= 11 is 5.84. The molecule has 3 fully saturated rings. The fourth-order valence-corrected chi connectivity index (χ4v) is 6.00. The minimum absolute atomic E-state index is 0.0942. The van der Waals surface area contributed by atoms with E-state index < -0.39 is 18.6 Å². The maximum absolute atomic E-state index is 13.3. The van der Waals surface area contributed by atoms with E-state index in [1.165, 1.54) is 0 Å². The van der Waals surface area contributed by atoms with Crippen molar-refractivity contribution in [1.29, 1.82) is 0 Å². The monoisotopic (exact) mass is 441 g/mol. The summed E-state index contributed by atoms with van der Waals surface area (Å²) in [6, 6.07) is 5.27. The van der Waals surface area contributed by atoms with Crippen molar-refractivity contribution in [3.8, 4) is 0 Å². The van der Waals surface area contributed by atoms with Gasteiger partial charge in [0, 0.05) is 10.6 Å². The number of benzene rings is 1. The lowest BCUT2D eigenvalue weighted by molar-refractivity contribution is -0.160. The number of carbonyl (C=O) groups is 4. The van der Waals surface area contributed by atoms with Crippen LogP contribution in [0.4, 0.5) is 0 Å². The molecule has 2 bridgehead atoms. The number of esters is 1. The average molecular weight is 442 g/mol. The zero-order valence-corrected chi connectivity index (χ0v) is 18.1. The first kappa shape index (κ1) is 20.4. The van der Waals surface area contributed by atoms with Gasteiger partial charge in [0.05, 0.1) is 11.8 Å². The number of carbonyl (C=O) groups excluding carboxylic acids is 4.